The van der Waals surface area contributed by atoms with Gasteiger partial charge in [-0.05, 0) is 47.0 Å². The molecular weight excluding hydrogens is 279 g/mol. The van der Waals surface area contributed by atoms with E-state index in [2.05, 4.69) is 21.2 Å². The third-order valence-corrected chi connectivity index (χ3v) is 3.65. The topological polar surface area (TPSA) is 55.1 Å². The van der Waals surface area contributed by atoms with Crippen molar-refractivity contribution < 1.29 is 4.79 Å². The highest BCUT2D eigenvalue weighted by atomic mass is 79.9. The van der Waals surface area contributed by atoms with Crippen LogP contribution in [0.15, 0.2) is 22.7 Å². The van der Waals surface area contributed by atoms with Crippen LogP contribution in [0.1, 0.15) is 12.8 Å². The van der Waals surface area contributed by atoms with Crippen LogP contribution >= 0.6 is 27.5 Å². The van der Waals surface area contributed by atoms with Crippen molar-refractivity contribution in [2.75, 3.05) is 5.32 Å². The molecule has 0 radical (unpaired) electrons. The number of hydrogen-bond donors (Lipinski definition) is 2. The van der Waals surface area contributed by atoms with Crippen molar-refractivity contribution in [3.05, 3.63) is 27.7 Å². The Hall–Kier alpha value is -0.580. The van der Waals surface area contributed by atoms with E-state index in [1.165, 1.54) is 0 Å². The number of nitrogens with one attached hydrogen (secondary N) is 1. The normalized spacial score (nSPS) is 17.3. The Morgan fingerprint density at radius 3 is 2.73 bits per heavy atom. The van der Waals surface area contributed by atoms with E-state index in [1.54, 1.807) is 18.2 Å². The molecule has 1 aliphatic carbocycles. The Kier molecular flexibility index (Phi) is 2.75. The number of nitrogens with two attached hydrogens (primary N) is 1. The molecule has 0 unspecified atom stereocenters. The van der Waals surface area contributed by atoms with Gasteiger partial charge in [0, 0.05) is 10.2 Å². The van der Waals surface area contributed by atoms with Gasteiger partial charge in [-0.25, -0.2) is 0 Å². The van der Waals surface area contributed by atoms with Gasteiger partial charge in [0.25, 0.3) is 0 Å². The molecule has 3 nitrogen and oxygen atoms in total. The Labute approximate surface area is 101 Å². The highest BCUT2D eigenvalue weighted by molar-refractivity contribution is 9.10. The van der Waals surface area contributed by atoms with Crippen LogP contribution in [-0.2, 0) is 4.79 Å². The predicted octanol–water partition coefficient (Wildman–Crippen LogP) is 2.53. The lowest BCUT2D eigenvalue weighted by molar-refractivity contribution is -0.118. The summed E-state index contributed by atoms with van der Waals surface area (Å²) in [6, 6.07) is 5.25. The molecule has 5 heteroatoms. The molecule has 0 aliphatic heterocycles. The monoisotopic (exact) mass is 288 g/mol. The fourth-order valence-corrected chi connectivity index (χ4v) is 1.62. The standard InChI is InChI=1S/C10H10BrClN2O/c11-7-2-1-6(5-8(7)12)14-9(15)10(13)3-4-10/h1-2,5H,3-4,13H2,(H,14,15). The number of amides is 1. The molecule has 1 aromatic carbocycles. The lowest BCUT2D eigenvalue weighted by Crippen LogP contribution is -2.37. The van der Waals surface area contributed by atoms with E-state index in [1.807, 2.05) is 0 Å². The van der Waals surface area contributed by atoms with Crippen molar-refractivity contribution in [3.63, 3.8) is 0 Å². The largest absolute Gasteiger partial charge is 0.324 e. The number of rotatable bonds is 2. The SMILES string of the molecule is NC1(C(=O)Nc2ccc(Br)c(Cl)c2)CC1. The van der Waals surface area contributed by atoms with E-state index in [0.29, 0.717) is 10.7 Å². The van der Waals surface area contributed by atoms with Gasteiger partial charge in [-0.3, -0.25) is 4.79 Å². The third kappa shape index (κ3) is 2.33. The van der Waals surface area contributed by atoms with E-state index in [0.717, 1.165) is 17.3 Å². The van der Waals surface area contributed by atoms with E-state index in [9.17, 15) is 4.79 Å². The summed E-state index contributed by atoms with van der Waals surface area (Å²) in [6.07, 6.45) is 1.51. The molecule has 15 heavy (non-hydrogen) atoms. The maximum atomic E-state index is 11.6. The second-order valence-corrected chi connectivity index (χ2v) is 5.00. The van der Waals surface area contributed by atoms with Crippen LogP contribution < -0.4 is 11.1 Å². The zero-order chi connectivity index (χ0) is 11.1. The van der Waals surface area contributed by atoms with Gasteiger partial charge in [-0.1, -0.05) is 11.6 Å². The fourth-order valence-electron chi connectivity index (χ4n) is 1.19. The molecule has 3 N–H and O–H groups in total. The number of carbonyl (C=O) groups excluding carboxylic acids is 1. The second-order valence-electron chi connectivity index (χ2n) is 3.74. The summed E-state index contributed by atoms with van der Waals surface area (Å²) in [4.78, 5) is 11.6. The summed E-state index contributed by atoms with van der Waals surface area (Å²) in [7, 11) is 0. The van der Waals surface area contributed by atoms with E-state index in [-0.39, 0.29) is 5.91 Å². The summed E-state index contributed by atoms with van der Waals surface area (Å²) < 4.78 is 0.802. The number of carbonyl (C=O) groups is 1. The molecule has 1 aliphatic rings. The molecule has 0 bridgehead atoms. The van der Waals surface area contributed by atoms with Crippen LogP contribution in [-0.4, -0.2) is 11.4 Å². The first-order valence-corrected chi connectivity index (χ1v) is 5.74. The summed E-state index contributed by atoms with van der Waals surface area (Å²) in [5.74, 6) is -0.138. The number of hydrogen-bond acceptors (Lipinski definition) is 2. The molecular formula is C10H10BrClN2O. The van der Waals surface area contributed by atoms with Crippen LogP contribution in [0.2, 0.25) is 5.02 Å². The Morgan fingerprint density at radius 2 is 2.20 bits per heavy atom. The predicted molar refractivity (Wildman–Crippen MR) is 63.9 cm³/mol. The molecule has 1 aromatic rings. The third-order valence-electron chi connectivity index (χ3n) is 2.42. The van der Waals surface area contributed by atoms with Crippen molar-refractivity contribution in [2.45, 2.75) is 18.4 Å². The van der Waals surface area contributed by atoms with Gasteiger partial charge in [0.1, 0.15) is 0 Å². The van der Waals surface area contributed by atoms with Crippen LogP contribution in [0.25, 0.3) is 0 Å². The molecule has 80 valence electrons. The summed E-state index contributed by atoms with van der Waals surface area (Å²) in [5, 5.41) is 3.31. The first-order chi connectivity index (χ1) is 7.01. The first-order valence-electron chi connectivity index (χ1n) is 4.57. The van der Waals surface area contributed by atoms with Gasteiger partial charge in [0.05, 0.1) is 10.6 Å². The van der Waals surface area contributed by atoms with Crippen LogP contribution in [0.3, 0.4) is 0 Å². The molecule has 2 rings (SSSR count). The average Bonchev–Trinajstić information content (AvgIpc) is 2.92. The number of halogens is 2. The fraction of sp³-hybridized carbons (Fsp3) is 0.300. The molecule has 1 fully saturated rings. The van der Waals surface area contributed by atoms with Crippen LogP contribution in [0.4, 0.5) is 5.69 Å². The molecule has 0 spiro atoms. The van der Waals surface area contributed by atoms with E-state index < -0.39 is 5.54 Å². The number of benzene rings is 1. The molecule has 1 amide bonds. The lowest BCUT2D eigenvalue weighted by atomic mass is 10.2. The highest BCUT2D eigenvalue weighted by Crippen LogP contribution is 2.34. The first kappa shape index (κ1) is 10.9. The van der Waals surface area contributed by atoms with Gasteiger partial charge >= 0.3 is 0 Å². The van der Waals surface area contributed by atoms with Crippen molar-refractivity contribution in [1.29, 1.82) is 0 Å². The lowest BCUT2D eigenvalue weighted by Gasteiger charge is -2.10. The van der Waals surface area contributed by atoms with Gasteiger partial charge in [-0.2, -0.15) is 0 Å². The van der Waals surface area contributed by atoms with Gasteiger partial charge in [0.2, 0.25) is 5.91 Å². The minimum absolute atomic E-state index is 0.138. The van der Waals surface area contributed by atoms with Crippen LogP contribution in [0, 0.1) is 0 Å². The Morgan fingerprint density at radius 1 is 1.53 bits per heavy atom. The second kappa shape index (κ2) is 3.77. The zero-order valence-electron chi connectivity index (χ0n) is 7.89. The van der Waals surface area contributed by atoms with Gasteiger partial charge < -0.3 is 11.1 Å². The van der Waals surface area contributed by atoms with Crippen molar-refractivity contribution in [1.82, 2.24) is 0 Å². The summed E-state index contributed by atoms with van der Waals surface area (Å²) >= 11 is 9.18. The van der Waals surface area contributed by atoms with Crippen molar-refractivity contribution in [3.8, 4) is 0 Å². The average molecular weight is 290 g/mol. The minimum atomic E-state index is -0.653. The quantitative estimate of drug-likeness (QED) is 0.879. The highest BCUT2D eigenvalue weighted by Gasteiger charge is 2.45. The van der Waals surface area contributed by atoms with Gasteiger partial charge in [-0.15, -0.1) is 0 Å². The van der Waals surface area contributed by atoms with Crippen molar-refractivity contribution in [2.24, 2.45) is 5.73 Å². The molecule has 0 aromatic heterocycles. The van der Waals surface area contributed by atoms with Gasteiger partial charge in [0.15, 0.2) is 0 Å². The molecule has 0 heterocycles. The number of anilines is 1. The van der Waals surface area contributed by atoms with E-state index >= 15 is 0 Å². The summed E-state index contributed by atoms with van der Waals surface area (Å²) in [5.41, 5.74) is 5.77. The summed E-state index contributed by atoms with van der Waals surface area (Å²) in [6.45, 7) is 0. The maximum Gasteiger partial charge on any atom is 0.244 e. The maximum absolute atomic E-state index is 11.6. The minimum Gasteiger partial charge on any atom is -0.324 e. The molecule has 0 atom stereocenters. The smallest absolute Gasteiger partial charge is 0.244 e. The molecule has 0 saturated heterocycles. The zero-order valence-corrected chi connectivity index (χ0v) is 10.2. The Bertz CT molecular complexity index is 418. The van der Waals surface area contributed by atoms with Crippen molar-refractivity contribution >= 4 is 39.1 Å². The van der Waals surface area contributed by atoms with Crippen LogP contribution in [0.5, 0.6) is 0 Å². The van der Waals surface area contributed by atoms with E-state index in [4.69, 9.17) is 17.3 Å². The molecule has 1 saturated carbocycles. The Balaban J connectivity index is 2.11.